The highest BCUT2D eigenvalue weighted by Crippen LogP contribution is 2.25. The molecule has 3 nitrogen and oxygen atoms in total. The third kappa shape index (κ3) is 2.66. The molecule has 2 aromatic heterocycles. The molecule has 1 atom stereocenters. The Labute approximate surface area is 129 Å². The number of aryl methyl sites for hydroxylation is 2. The van der Waals surface area contributed by atoms with Crippen LogP contribution in [-0.2, 0) is 6.54 Å². The van der Waals surface area contributed by atoms with Gasteiger partial charge in [-0.3, -0.25) is 0 Å². The summed E-state index contributed by atoms with van der Waals surface area (Å²) in [4.78, 5) is 9.22. The average molecular weight is 300 g/mol. The zero-order valence-corrected chi connectivity index (χ0v) is 13.2. The van der Waals surface area contributed by atoms with Crippen molar-refractivity contribution in [3.8, 4) is 0 Å². The summed E-state index contributed by atoms with van der Waals surface area (Å²) in [7, 11) is 0. The van der Waals surface area contributed by atoms with E-state index in [0.717, 1.165) is 29.1 Å². The van der Waals surface area contributed by atoms with Crippen molar-refractivity contribution in [3.05, 3.63) is 59.0 Å². The second-order valence-corrected chi connectivity index (χ2v) is 6.11. The number of hydrogen-bond donors (Lipinski definition) is 0. The van der Waals surface area contributed by atoms with Gasteiger partial charge in [0.15, 0.2) is 5.65 Å². The lowest BCUT2D eigenvalue weighted by Crippen LogP contribution is -2.07. The van der Waals surface area contributed by atoms with Gasteiger partial charge in [-0.2, -0.15) is 0 Å². The monoisotopic (exact) mass is 299 g/mol. The number of aromatic nitrogens is 3. The standard InChI is InChI=1S/C17H18ClN3/c1-11-8-15-17(19-9-11)21(16(20-15)13(3)18)10-14-7-5-4-6-12(14)2/h4-9,13H,10H2,1-3H3. The summed E-state index contributed by atoms with van der Waals surface area (Å²) in [6.45, 7) is 6.84. The summed E-state index contributed by atoms with van der Waals surface area (Å²) < 4.78 is 2.12. The Morgan fingerprint density at radius 3 is 2.71 bits per heavy atom. The fraction of sp³-hybridized carbons (Fsp3) is 0.294. The molecule has 0 bridgehead atoms. The van der Waals surface area contributed by atoms with Crippen LogP contribution < -0.4 is 0 Å². The van der Waals surface area contributed by atoms with Gasteiger partial charge in [0, 0.05) is 6.20 Å². The molecule has 0 N–H and O–H groups in total. The van der Waals surface area contributed by atoms with Crippen LogP contribution in [0.25, 0.3) is 11.2 Å². The average Bonchev–Trinajstić information content (AvgIpc) is 2.79. The SMILES string of the molecule is Cc1cnc2c(c1)nc(C(C)Cl)n2Cc1ccccc1C. The first-order chi connectivity index (χ1) is 10.1. The fourth-order valence-corrected chi connectivity index (χ4v) is 2.71. The van der Waals surface area contributed by atoms with Crippen LogP contribution in [0.2, 0.25) is 0 Å². The van der Waals surface area contributed by atoms with E-state index >= 15 is 0 Å². The van der Waals surface area contributed by atoms with E-state index < -0.39 is 0 Å². The van der Waals surface area contributed by atoms with E-state index in [1.807, 2.05) is 20.0 Å². The molecule has 0 spiro atoms. The maximum Gasteiger partial charge on any atom is 0.160 e. The minimum Gasteiger partial charge on any atom is -0.307 e. The molecule has 3 rings (SSSR count). The highest BCUT2D eigenvalue weighted by atomic mass is 35.5. The van der Waals surface area contributed by atoms with Gasteiger partial charge < -0.3 is 4.57 Å². The number of alkyl halides is 1. The van der Waals surface area contributed by atoms with Gasteiger partial charge in [-0.15, -0.1) is 11.6 Å². The molecule has 0 aliphatic heterocycles. The first-order valence-electron chi connectivity index (χ1n) is 7.07. The minimum absolute atomic E-state index is 0.150. The van der Waals surface area contributed by atoms with Crippen LogP contribution in [0.5, 0.6) is 0 Å². The second-order valence-electron chi connectivity index (χ2n) is 5.45. The van der Waals surface area contributed by atoms with Gasteiger partial charge in [-0.05, 0) is 43.5 Å². The van der Waals surface area contributed by atoms with Crippen LogP contribution in [0.1, 0.15) is 34.8 Å². The van der Waals surface area contributed by atoms with Gasteiger partial charge in [0.2, 0.25) is 0 Å². The number of halogens is 1. The van der Waals surface area contributed by atoms with Crippen molar-refractivity contribution >= 4 is 22.8 Å². The third-order valence-corrected chi connectivity index (χ3v) is 3.89. The predicted octanol–water partition coefficient (Wildman–Crippen LogP) is 4.40. The Morgan fingerprint density at radius 2 is 2.00 bits per heavy atom. The Morgan fingerprint density at radius 1 is 1.24 bits per heavy atom. The maximum atomic E-state index is 6.31. The van der Waals surface area contributed by atoms with Crippen LogP contribution in [0.4, 0.5) is 0 Å². The Balaban J connectivity index is 2.16. The number of benzene rings is 1. The van der Waals surface area contributed by atoms with E-state index in [2.05, 4.69) is 51.8 Å². The highest BCUT2D eigenvalue weighted by molar-refractivity contribution is 6.20. The van der Waals surface area contributed by atoms with Gasteiger partial charge in [-0.25, -0.2) is 9.97 Å². The molecular formula is C17H18ClN3. The molecule has 108 valence electrons. The van der Waals surface area contributed by atoms with E-state index in [9.17, 15) is 0 Å². The molecule has 0 saturated heterocycles. The maximum absolute atomic E-state index is 6.31. The largest absolute Gasteiger partial charge is 0.307 e. The summed E-state index contributed by atoms with van der Waals surface area (Å²) in [6.07, 6.45) is 1.88. The lowest BCUT2D eigenvalue weighted by molar-refractivity contribution is 0.733. The normalized spacial score (nSPS) is 12.8. The van der Waals surface area contributed by atoms with E-state index in [1.165, 1.54) is 11.1 Å². The Hall–Kier alpha value is -1.87. The number of imidazole rings is 1. The molecule has 4 heteroatoms. The van der Waals surface area contributed by atoms with Crippen LogP contribution in [0, 0.1) is 13.8 Å². The molecule has 3 aromatic rings. The summed E-state index contributed by atoms with van der Waals surface area (Å²) >= 11 is 6.31. The Kier molecular flexibility index (Phi) is 3.68. The zero-order chi connectivity index (χ0) is 15.0. The smallest absolute Gasteiger partial charge is 0.160 e. The number of pyridine rings is 1. The first-order valence-corrected chi connectivity index (χ1v) is 7.51. The van der Waals surface area contributed by atoms with Crippen molar-refractivity contribution in [2.75, 3.05) is 0 Å². The predicted molar refractivity (Wildman–Crippen MR) is 86.8 cm³/mol. The molecule has 2 heterocycles. The summed E-state index contributed by atoms with van der Waals surface area (Å²) in [5.74, 6) is 0.869. The minimum atomic E-state index is -0.150. The number of rotatable bonds is 3. The van der Waals surface area contributed by atoms with Crippen LogP contribution in [-0.4, -0.2) is 14.5 Å². The first kappa shape index (κ1) is 14.1. The molecular weight excluding hydrogens is 282 g/mol. The van der Waals surface area contributed by atoms with Crippen LogP contribution in [0.3, 0.4) is 0 Å². The summed E-state index contributed by atoms with van der Waals surface area (Å²) in [5, 5.41) is -0.150. The molecule has 1 unspecified atom stereocenters. The fourth-order valence-electron chi connectivity index (χ4n) is 2.55. The van der Waals surface area contributed by atoms with Gasteiger partial charge in [0.25, 0.3) is 0 Å². The molecule has 0 saturated carbocycles. The summed E-state index contributed by atoms with van der Waals surface area (Å²) in [6, 6.07) is 10.4. The molecule has 0 amide bonds. The van der Waals surface area contributed by atoms with Crippen molar-refractivity contribution in [1.29, 1.82) is 0 Å². The Bertz CT molecular complexity index is 790. The van der Waals surface area contributed by atoms with E-state index in [-0.39, 0.29) is 5.38 Å². The molecule has 21 heavy (non-hydrogen) atoms. The molecule has 0 aliphatic carbocycles. The van der Waals surface area contributed by atoms with Gasteiger partial charge in [0.05, 0.1) is 11.9 Å². The van der Waals surface area contributed by atoms with Crippen molar-refractivity contribution in [1.82, 2.24) is 14.5 Å². The molecule has 0 radical (unpaired) electrons. The zero-order valence-electron chi connectivity index (χ0n) is 12.5. The van der Waals surface area contributed by atoms with Gasteiger partial charge in [-0.1, -0.05) is 24.3 Å². The quantitative estimate of drug-likeness (QED) is 0.671. The van der Waals surface area contributed by atoms with E-state index in [4.69, 9.17) is 11.6 Å². The highest BCUT2D eigenvalue weighted by Gasteiger charge is 2.16. The second kappa shape index (κ2) is 5.49. The lowest BCUT2D eigenvalue weighted by Gasteiger charge is -2.12. The van der Waals surface area contributed by atoms with Crippen molar-refractivity contribution in [2.24, 2.45) is 0 Å². The molecule has 0 fully saturated rings. The van der Waals surface area contributed by atoms with Gasteiger partial charge >= 0.3 is 0 Å². The van der Waals surface area contributed by atoms with Crippen molar-refractivity contribution in [2.45, 2.75) is 32.7 Å². The van der Waals surface area contributed by atoms with Crippen LogP contribution in [0.15, 0.2) is 36.5 Å². The van der Waals surface area contributed by atoms with Crippen LogP contribution >= 0.6 is 11.6 Å². The lowest BCUT2D eigenvalue weighted by atomic mass is 10.1. The van der Waals surface area contributed by atoms with E-state index in [0.29, 0.717) is 0 Å². The number of nitrogens with zero attached hydrogens (tertiary/aromatic N) is 3. The third-order valence-electron chi connectivity index (χ3n) is 3.70. The number of fused-ring (bicyclic) bond motifs is 1. The van der Waals surface area contributed by atoms with Crippen molar-refractivity contribution < 1.29 is 0 Å². The number of hydrogen-bond acceptors (Lipinski definition) is 2. The topological polar surface area (TPSA) is 30.7 Å². The molecule has 1 aromatic carbocycles. The van der Waals surface area contributed by atoms with E-state index in [1.54, 1.807) is 0 Å². The van der Waals surface area contributed by atoms with Gasteiger partial charge in [0.1, 0.15) is 11.3 Å². The van der Waals surface area contributed by atoms with Crippen molar-refractivity contribution in [3.63, 3.8) is 0 Å². The molecule has 0 aliphatic rings. The summed E-state index contributed by atoms with van der Waals surface area (Å²) in [5.41, 5.74) is 5.44.